The molecule has 1 heterocycles. The van der Waals surface area contributed by atoms with Gasteiger partial charge in [0.1, 0.15) is 0 Å². The summed E-state index contributed by atoms with van der Waals surface area (Å²) in [5.74, 6) is 0. The van der Waals surface area contributed by atoms with Gasteiger partial charge in [0.05, 0.1) is 4.47 Å². The van der Waals surface area contributed by atoms with Gasteiger partial charge in [0.2, 0.25) is 0 Å². The first-order chi connectivity index (χ1) is 8.65. The predicted molar refractivity (Wildman–Crippen MR) is 83.1 cm³/mol. The normalized spacial score (nSPS) is 10.8. The number of nitrogens with zero attached hydrogens (tertiary/aromatic N) is 1. The number of hydrogen-bond donors (Lipinski definition) is 1. The largest absolute Gasteiger partial charge is 0.315 e. The van der Waals surface area contributed by atoms with Crippen molar-refractivity contribution in [2.45, 2.75) is 39.2 Å². The Balaban J connectivity index is 2.29. The number of halogens is 2. The maximum absolute atomic E-state index is 11.8. The van der Waals surface area contributed by atoms with Crippen LogP contribution < -0.4 is 10.9 Å². The third-order valence-electron chi connectivity index (χ3n) is 2.75. The van der Waals surface area contributed by atoms with E-state index < -0.39 is 0 Å². The van der Waals surface area contributed by atoms with Gasteiger partial charge in [0.25, 0.3) is 5.56 Å². The zero-order valence-corrected chi connectivity index (χ0v) is 13.9. The summed E-state index contributed by atoms with van der Waals surface area (Å²) in [6.07, 6.45) is 6.89. The topological polar surface area (TPSA) is 34.0 Å². The van der Waals surface area contributed by atoms with Crippen molar-refractivity contribution in [3.63, 3.8) is 0 Å². The van der Waals surface area contributed by atoms with Crippen LogP contribution in [0.3, 0.4) is 0 Å². The van der Waals surface area contributed by atoms with E-state index in [0.717, 1.165) is 17.6 Å². The van der Waals surface area contributed by atoms with E-state index in [1.165, 1.54) is 25.7 Å². The highest BCUT2D eigenvalue weighted by atomic mass is 79.9. The summed E-state index contributed by atoms with van der Waals surface area (Å²) in [5, 5.41) is 3.37. The van der Waals surface area contributed by atoms with E-state index in [1.807, 2.05) is 6.20 Å². The van der Waals surface area contributed by atoms with E-state index in [4.69, 9.17) is 0 Å². The highest BCUT2D eigenvalue weighted by molar-refractivity contribution is 9.11. The van der Waals surface area contributed by atoms with Crippen molar-refractivity contribution in [3.05, 3.63) is 31.6 Å². The summed E-state index contributed by atoms with van der Waals surface area (Å²) >= 11 is 6.65. The van der Waals surface area contributed by atoms with Gasteiger partial charge >= 0.3 is 0 Å². The average molecular weight is 380 g/mol. The molecular formula is C13H20Br2N2O. The van der Waals surface area contributed by atoms with Crippen molar-refractivity contribution in [1.82, 2.24) is 9.88 Å². The molecule has 0 aromatic carbocycles. The zero-order chi connectivity index (χ0) is 13.4. The van der Waals surface area contributed by atoms with Crippen molar-refractivity contribution < 1.29 is 0 Å². The summed E-state index contributed by atoms with van der Waals surface area (Å²) in [6.45, 7) is 4.77. The van der Waals surface area contributed by atoms with Gasteiger partial charge in [0, 0.05) is 23.8 Å². The molecule has 0 unspecified atom stereocenters. The first-order valence-electron chi connectivity index (χ1n) is 6.41. The SMILES string of the molecule is CCCCCCNCCn1cc(Br)cc(Br)c1=O. The lowest BCUT2D eigenvalue weighted by Crippen LogP contribution is -2.27. The molecule has 3 nitrogen and oxygen atoms in total. The molecule has 1 aromatic heterocycles. The lowest BCUT2D eigenvalue weighted by molar-refractivity contribution is 0.553. The van der Waals surface area contributed by atoms with Crippen molar-refractivity contribution in [1.29, 1.82) is 0 Å². The van der Waals surface area contributed by atoms with Crippen molar-refractivity contribution in [3.8, 4) is 0 Å². The smallest absolute Gasteiger partial charge is 0.264 e. The average Bonchev–Trinajstić information content (AvgIpc) is 2.33. The molecule has 18 heavy (non-hydrogen) atoms. The van der Waals surface area contributed by atoms with E-state index in [9.17, 15) is 4.79 Å². The number of aromatic nitrogens is 1. The van der Waals surface area contributed by atoms with Crippen LogP contribution in [0.5, 0.6) is 0 Å². The molecule has 0 radical (unpaired) electrons. The van der Waals surface area contributed by atoms with Crippen LogP contribution in [0.25, 0.3) is 0 Å². The van der Waals surface area contributed by atoms with Crippen molar-refractivity contribution in [2.24, 2.45) is 0 Å². The molecule has 1 rings (SSSR count). The van der Waals surface area contributed by atoms with E-state index in [2.05, 4.69) is 44.1 Å². The van der Waals surface area contributed by atoms with Crippen molar-refractivity contribution >= 4 is 31.9 Å². The molecule has 0 aliphatic carbocycles. The van der Waals surface area contributed by atoms with Crippen LogP contribution in [0, 0.1) is 0 Å². The van der Waals surface area contributed by atoms with Crippen LogP contribution in [0.1, 0.15) is 32.6 Å². The second-order valence-electron chi connectivity index (χ2n) is 4.32. The second-order valence-corrected chi connectivity index (χ2v) is 6.09. The number of nitrogens with one attached hydrogen (secondary N) is 1. The summed E-state index contributed by atoms with van der Waals surface area (Å²) < 4.78 is 3.23. The first kappa shape index (κ1) is 15.9. The molecule has 5 heteroatoms. The lowest BCUT2D eigenvalue weighted by atomic mass is 10.2. The second kappa shape index (κ2) is 8.88. The minimum absolute atomic E-state index is 0.0194. The number of unbranched alkanes of at least 4 members (excludes halogenated alkanes) is 3. The maximum Gasteiger partial charge on any atom is 0.264 e. The van der Waals surface area contributed by atoms with Gasteiger partial charge in [-0.1, -0.05) is 26.2 Å². The molecule has 0 aliphatic heterocycles. The molecule has 0 amide bonds. The standard InChI is InChI=1S/C13H20Br2N2O/c1-2-3-4-5-6-16-7-8-17-10-11(14)9-12(15)13(17)18/h9-10,16H,2-8H2,1H3. The fourth-order valence-corrected chi connectivity index (χ4v) is 2.99. The Bertz CT molecular complexity index is 418. The third-order valence-corrected chi connectivity index (χ3v) is 3.75. The molecule has 0 spiro atoms. The van der Waals surface area contributed by atoms with Gasteiger partial charge in [-0.25, -0.2) is 0 Å². The van der Waals surface area contributed by atoms with Gasteiger partial charge in [-0.05, 0) is 50.9 Å². The highest BCUT2D eigenvalue weighted by Crippen LogP contribution is 2.12. The Morgan fingerprint density at radius 1 is 1.22 bits per heavy atom. The summed E-state index contributed by atoms with van der Waals surface area (Å²) in [7, 11) is 0. The van der Waals surface area contributed by atoms with Crippen LogP contribution in [-0.4, -0.2) is 17.7 Å². The predicted octanol–water partition coefficient (Wildman–Crippen LogP) is 3.54. The van der Waals surface area contributed by atoms with Gasteiger partial charge in [-0.15, -0.1) is 0 Å². The fourth-order valence-electron chi connectivity index (χ4n) is 1.73. The van der Waals surface area contributed by atoms with E-state index in [0.29, 0.717) is 11.0 Å². The van der Waals surface area contributed by atoms with Crippen LogP contribution in [0.4, 0.5) is 0 Å². The van der Waals surface area contributed by atoms with Gasteiger partial charge in [-0.2, -0.15) is 0 Å². The molecule has 0 atom stereocenters. The van der Waals surface area contributed by atoms with Gasteiger partial charge in [0.15, 0.2) is 0 Å². The Morgan fingerprint density at radius 2 is 2.00 bits per heavy atom. The van der Waals surface area contributed by atoms with Gasteiger partial charge in [-0.3, -0.25) is 4.79 Å². The molecule has 0 aliphatic rings. The monoisotopic (exact) mass is 378 g/mol. The molecular weight excluding hydrogens is 360 g/mol. The molecule has 0 bridgehead atoms. The van der Waals surface area contributed by atoms with Crippen LogP contribution in [-0.2, 0) is 6.54 Å². The zero-order valence-electron chi connectivity index (χ0n) is 10.7. The van der Waals surface area contributed by atoms with Crippen LogP contribution in [0.15, 0.2) is 26.0 Å². The Labute approximate surface area is 125 Å². The van der Waals surface area contributed by atoms with Crippen molar-refractivity contribution in [2.75, 3.05) is 13.1 Å². The molecule has 1 aromatic rings. The Morgan fingerprint density at radius 3 is 2.72 bits per heavy atom. The summed E-state index contributed by atoms with van der Waals surface area (Å²) in [4.78, 5) is 11.8. The summed E-state index contributed by atoms with van der Waals surface area (Å²) in [6, 6.07) is 1.77. The molecule has 0 fully saturated rings. The van der Waals surface area contributed by atoms with Crippen LogP contribution >= 0.6 is 31.9 Å². The van der Waals surface area contributed by atoms with Crippen LogP contribution in [0.2, 0.25) is 0 Å². The minimum Gasteiger partial charge on any atom is -0.315 e. The highest BCUT2D eigenvalue weighted by Gasteiger charge is 2.02. The molecule has 0 saturated heterocycles. The fraction of sp³-hybridized carbons (Fsp3) is 0.615. The maximum atomic E-state index is 11.8. The number of hydrogen-bond acceptors (Lipinski definition) is 2. The number of pyridine rings is 1. The lowest BCUT2D eigenvalue weighted by Gasteiger charge is -2.08. The first-order valence-corrected chi connectivity index (χ1v) is 8.00. The minimum atomic E-state index is 0.0194. The van der Waals surface area contributed by atoms with E-state index in [-0.39, 0.29) is 5.56 Å². The molecule has 0 saturated carbocycles. The summed E-state index contributed by atoms with van der Waals surface area (Å²) in [5.41, 5.74) is 0.0194. The quantitative estimate of drug-likeness (QED) is 0.701. The third kappa shape index (κ3) is 5.67. The molecule has 102 valence electrons. The number of rotatable bonds is 8. The van der Waals surface area contributed by atoms with E-state index in [1.54, 1.807) is 10.6 Å². The molecule has 1 N–H and O–H groups in total. The van der Waals surface area contributed by atoms with E-state index >= 15 is 0 Å². The van der Waals surface area contributed by atoms with Gasteiger partial charge < -0.3 is 9.88 Å². The Hall–Kier alpha value is -0.130. The Kier molecular flexibility index (Phi) is 7.86.